The van der Waals surface area contributed by atoms with E-state index in [4.69, 9.17) is 4.55 Å². The smallest absolute Gasteiger partial charge is 0.259 e. The standard InChI is InChI=1S/C10H14N2O3S/c1-7(2)11-10(13)8-5-3-4-6-9(8)12-16(14)15/h3-7,12H,1-2H3,(H,11,13)(H,14,15). The zero-order valence-corrected chi connectivity index (χ0v) is 9.88. The third-order valence-corrected chi connectivity index (χ3v) is 2.18. The van der Waals surface area contributed by atoms with E-state index >= 15 is 0 Å². The number of benzene rings is 1. The summed E-state index contributed by atoms with van der Waals surface area (Å²) in [7, 11) is 0. The van der Waals surface area contributed by atoms with E-state index in [1.54, 1.807) is 24.3 Å². The molecule has 0 heterocycles. The maximum atomic E-state index is 11.7. The van der Waals surface area contributed by atoms with E-state index in [0.717, 1.165) is 0 Å². The summed E-state index contributed by atoms with van der Waals surface area (Å²) < 4.78 is 21.7. The van der Waals surface area contributed by atoms with Crippen molar-refractivity contribution in [1.29, 1.82) is 0 Å². The van der Waals surface area contributed by atoms with E-state index in [9.17, 15) is 9.00 Å². The van der Waals surface area contributed by atoms with Crippen molar-refractivity contribution in [1.82, 2.24) is 5.32 Å². The number of nitrogens with one attached hydrogen (secondary N) is 2. The van der Waals surface area contributed by atoms with Gasteiger partial charge in [-0.1, -0.05) is 12.1 Å². The SMILES string of the molecule is CC(C)NC(=O)c1ccccc1NS(=O)O. The molecular formula is C10H14N2O3S. The van der Waals surface area contributed by atoms with Crippen LogP contribution in [-0.4, -0.2) is 20.7 Å². The number of hydrogen-bond donors (Lipinski definition) is 3. The summed E-state index contributed by atoms with van der Waals surface area (Å²) in [5, 5.41) is 2.71. The molecule has 1 atom stereocenters. The predicted octanol–water partition coefficient (Wildman–Crippen LogP) is 1.37. The molecule has 1 unspecified atom stereocenters. The predicted molar refractivity (Wildman–Crippen MR) is 63.4 cm³/mol. The van der Waals surface area contributed by atoms with Gasteiger partial charge in [-0.15, -0.1) is 0 Å². The van der Waals surface area contributed by atoms with E-state index in [1.807, 2.05) is 13.8 Å². The minimum atomic E-state index is -2.19. The molecule has 0 saturated heterocycles. The summed E-state index contributed by atoms with van der Waals surface area (Å²) in [6.45, 7) is 3.69. The second-order valence-electron chi connectivity index (χ2n) is 3.52. The van der Waals surface area contributed by atoms with Crippen molar-refractivity contribution in [2.24, 2.45) is 0 Å². The van der Waals surface area contributed by atoms with Gasteiger partial charge in [0.25, 0.3) is 17.2 Å². The summed E-state index contributed by atoms with van der Waals surface area (Å²) in [6.07, 6.45) is 0. The number of para-hydroxylation sites is 1. The molecule has 0 aromatic heterocycles. The lowest BCUT2D eigenvalue weighted by Gasteiger charge is -2.11. The van der Waals surface area contributed by atoms with Crippen LogP contribution in [0.3, 0.4) is 0 Å². The van der Waals surface area contributed by atoms with Crippen LogP contribution in [0.4, 0.5) is 5.69 Å². The molecule has 0 aliphatic rings. The Labute approximate surface area is 96.7 Å². The topological polar surface area (TPSA) is 78.4 Å². The van der Waals surface area contributed by atoms with E-state index in [-0.39, 0.29) is 11.9 Å². The van der Waals surface area contributed by atoms with Crippen LogP contribution in [0.1, 0.15) is 24.2 Å². The average Bonchev–Trinajstić information content (AvgIpc) is 2.16. The van der Waals surface area contributed by atoms with Crippen molar-refractivity contribution >= 4 is 22.9 Å². The highest BCUT2D eigenvalue weighted by atomic mass is 32.2. The summed E-state index contributed by atoms with van der Waals surface area (Å²) in [5.41, 5.74) is 0.681. The largest absolute Gasteiger partial charge is 0.350 e. The van der Waals surface area contributed by atoms with Crippen LogP contribution in [0.15, 0.2) is 24.3 Å². The van der Waals surface area contributed by atoms with E-state index in [0.29, 0.717) is 11.3 Å². The first kappa shape index (κ1) is 12.7. The van der Waals surface area contributed by atoms with Crippen molar-refractivity contribution in [3.63, 3.8) is 0 Å². The molecule has 88 valence electrons. The molecule has 1 rings (SSSR count). The van der Waals surface area contributed by atoms with Gasteiger partial charge in [-0.25, -0.2) is 4.21 Å². The van der Waals surface area contributed by atoms with E-state index < -0.39 is 11.3 Å². The second kappa shape index (κ2) is 5.62. The lowest BCUT2D eigenvalue weighted by atomic mass is 10.1. The van der Waals surface area contributed by atoms with Gasteiger partial charge in [-0.3, -0.25) is 14.1 Å². The van der Waals surface area contributed by atoms with Crippen LogP contribution in [0.5, 0.6) is 0 Å². The average molecular weight is 242 g/mol. The second-order valence-corrected chi connectivity index (χ2v) is 4.23. The van der Waals surface area contributed by atoms with Gasteiger partial charge in [-0.05, 0) is 26.0 Å². The molecule has 5 nitrogen and oxygen atoms in total. The summed E-state index contributed by atoms with van der Waals surface area (Å²) in [6, 6.07) is 6.55. The first-order chi connectivity index (χ1) is 7.50. The molecule has 0 aliphatic heterocycles. The Hall–Kier alpha value is -1.40. The van der Waals surface area contributed by atoms with Crippen molar-refractivity contribution in [2.45, 2.75) is 19.9 Å². The van der Waals surface area contributed by atoms with Gasteiger partial charge in [0.15, 0.2) is 0 Å². The van der Waals surface area contributed by atoms with Crippen molar-refractivity contribution in [2.75, 3.05) is 4.72 Å². The van der Waals surface area contributed by atoms with Gasteiger partial charge in [0.2, 0.25) is 0 Å². The van der Waals surface area contributed by atoms with Gasteiger partial charge < -0.3 is 5.32 Å². The number of anilines is 1. The van der Waals surface area contributed by atoms with Gasteiger partial charge in [0.1, 0.15) is 0 Å². The Bertz CT molecular complexity index is 407. The number of carbonyl (C=O) groups excluding carboxylic acids is 1. The molecule has 1 aromatic carbocycles. The first-order valence-corrected chi connectivity index (χ1v) is 5.88. The fraction of sp³-hybridized carbons (Fsp3) is 0.300. The molecule has 0 fully saturated rings. The van der Waals surface area contributed by atoms with Crippen LogP contribution in [0, 0.1) is 0 Å². The molecule has 1 amide bonds. The highest BCUT2D eigenvalue weighted by Gasteiger charge is 2.12. The Balaban J connectivity index is 2.94. The molecule has 16 heavy (non-hydrogen) atoms. The Kier molecular flexibility index (Phi) is 4.45. The Morgan fingerprint density at radius 1 is 1.38 bits per heavy atom. The van der Waals surface area contributed by atoms with Gasteiger partial charge in [0.05, 0.1) is 11.3 Å². The van der Waals surface area contributed by atoms with E-state index in [2.05, 4.69) is 10.0 Å². The highest BCUT2D eigenvalue weighted by Crippen LogP contribution is 2.15. The summed E-state index contributed by atoms with van der Waals surface area (Å²) in [4.78, 5) is 11.7. The third-order valence-electron chi connectivity index (χ3n) is 1.79. The van der Waals surface area contributed by atoms with Gasteiger partial charge >= 0.3 is 0 Å². The summed E-state index contributed by atoms with van der Waals surface area (Å²) >= 11 is -2.19. The van der Waals surface area contributed by atoms with Gasteiger partial charge in [0, 0.05) is 6.04 Å². The molecule has 0 aliphatic carbocycles. The van der Waals surface area contributed by atoms with Crippen LogP contribution >= 0.6 is 0 Å². The van der Waals surface area contributed by atoms with Crippen LogP contribution in [-0.2, 0) is 11.3 Å². The molecule has 1 aromatic rings. The fourth-order valence-electron chi connectivity index (χ4n) is 1.20. The third kappa shape index (κ3) is 3.63. The normalized spacial score (nSPS) is 12.2. The lowest BCUT2D eigenvalue weighted by Crippen LogP contribution is -2.30. The monoisotopic (exact) mass is 242 g/mol. The molecule has 0 spiro atoms. The molecule has 3 N–H and O–H groups in total. The summed E-state index contributed by atoms with van der Waals surface area (Å²) in [5.74, 6) is -0.274. The van der Waals surface area contributed by atoms with Crippen molar-refractivity contribution in [3.8, 4) is 0 Å². The molecule has 0 saturated carbocycles. The minimum Gasteiger partial charge on any atom is -0.350 e. The zero-order valence-electron chi connectivity index (χ0n) is 9.06. The van der Waals surface area contributed by atoms with Crippen LogP contribution < -0.4 is 10.0 Å². The molecule has 0 radical (unpaired) electrons. The minimum absolute atomic E-state index is 0.0141. The molecular weight excluding hydrogens is 228 g/mol. The maximum Gasteiger partial charge on any atom is 0.259 e. The number of amides is 1. The van der Waals surface area contributed by atoms with Crippen molar-refractivity contribution < 1.29 is 13.6 Å². The van der Waals surface area contributed by atoms with Crippen molar-refractivity contribution in [3.05, 3.63) is 29.8 Å². The Morgan fingerprint density at radius 2 is 2.00 bits per heavy atom. The lowest BCUT2D eigenvalue weighted by molar-refractivity contribution is 0.0944. The van der Waals surface area contributed by atoms with Crippen LogP contribution in [0.2, 0.25) is 0 Å². The number of carbonyl (C=O) groups is 1. The maximum absolute atomic E-state index is 11.7. The quantitative estimate of drug-likeness (QED) is 0.698. The fourth-order valence-corrected chi connectivity index (χ4v) is 1.57. The first-order valence-electron chi connectivity index (χ1n) is 4.78. The zero-order chi connectivity index (χ0) is 12.1. The van der Waals surface area contributed by atoms with Crippen LogP contribution in [0.25, 0.3) is 0 Å². The van der Waals surface area contributed by atoms with E-state index in [1.165, 1.54) is 0 Å². The number of hydrogen-bond acceptors (Lipinski definition) is 2. The highest BCUT2D eigenvalue weighted by molar-refractivity contribution is 7.80. The molecule has 6 heteroatoms. The Morgan fingerprint density at radius 3 is 2.56 bits per heavy atom. The molecule has 0 bridgehead atoms. The van der Waals surface area contributed by atoms with Gasteiger partial charge in [-0.2, -0.15) is 0 Å². The number of rotatable bonds is 4.